The lowest BCUT2D eigenvalue weighted by Gasteiger charge is -2.11. The summed E-state index contributed by atoms with van der Waals surface area (Å²) in [7, 11) is 0. The molecule has 0 bridgehead atoms. The maximum Gasteiger partial charge on any atom is 0.234 e. The SMILES string of the molecule is CCOc1ccccc1NC(=O)CSCc1ccccc1. The first-order valence-corrected chi connectivity index (χ1v) is 8.08. The van der Waals surface area contributed by atoms with Gasteiger partial charge in [-0.25, -0.2) is 0 Å². The molecule has 0 aliphatic rings. The molecule has 0 saturated heterocycles. The zero-order valence-electron chi connectivity index (χ0n) is 12.0. The minimum absolute atomic E-state index is 0.0110. The maximum absolute atomic E-state index is 12.0. The average Bonchev–Trinajstić information content (AvgIpc) is 2.50. The van der Waals surface area contributed by atoms with E-state index in [0.717, 1.165) is 11.4 Å². The predicted molar refractivity (Wildman–Crippen MR) is 88.8 cm³/mol. The highest BCUT2D eigenvalue weighted by Crippen LogP contribution is 2.24. The van der Waals surface area contributed by atoms with E-state index >= 15 is 0 Å². The zero-order valence-corrected chi connectivity index (χ0v) is 12.9. The van der Waals surface area contributed by atoms with Gasteiger partial charge in [0.25, 0.3) is 0 Å². The Labute approximate surface area is 129 Å². The summed E-state index contributed by atoms with van der Waals surface area (Å²) in [5, 5.41) is 2.90. The quantitative estimate of drug-likeness (QED) is 0.841. The third-order valence-corrected chi connectivity index (χ3v) is 3.81. The van der Waals surface area contributed by atoms with Crippen LogP contribution in [0.25, 0.3) is 0 Å². The summed E-state index contributed by atoms with van der Waals surface area (Å²) < 4.78 is 5.49. The van der Waals surface area contributed by atoms with Gasteiger partial charge < -0.3 is 10.1 Å². The maximum atomic E-state index is 12.0. The van der Waals surface area contributed by atoms with E-state index in [4.69, 9.17) is 4.74 Å². The Morgan fingerprint density at radius 2 is 1.81 bits per heavy atom. The number of ether oxygens (including phenoxy) is 1. The van der Waals surface area contributed by atoms with Gasteiger partial charge in [0.05, 0.1) is 18.0 Å². The van der Waals surface area contributed by atoms with Crippen LogP contribution in [0.1, 0.15) is 12.5 Å². The standard InChI is InChI=1S/C17H19NO2S/c1-2-20-16-11-7-6-10-15(16)18-17(19)13-21-12-14-8-4-3-5-9-14/h3-11H,2,12-13H2,1H3,(H,18,19). The van der Waals surface area contributed by atoms with Crippen LogP contribution in [0.3, 0.4) is 0 Å². The summed E-state index contributed by atoms with van der Waals surface area (Å²) in [6, 6.07) is 17.6. The van der Waals surface area contributed by atoms with Gasteiger partial charge >= 0.3 is 0 Å². The van der Waals surface area contributed by atoms with Gasteiger partial charge in [-0.2, -0.15) is 0 Å². The Bertz CT molecular complexity index is 572. The van der Waals surface area contributed by atoms with Crippen LogP contribution in [0.15, 0.2) is 54.6 Å². The highest BCUT2D eigenvalue weighted by Gasteiger charge is 2.07. The molecule has 0 radical (unpaired) electrons. The fourth-order valence-corrected chi connectivity index (χ4v) is 2.66. The number of amides is 1. The lowest BCUT2D eigenvalue weighted by atomic mass is 10.2. The van der Waals surface area contributed by atoms with Gasteiger partial charge in [-0.15, -0.1) is 11.8 Å². The summed E-state index contributed by atoms with van der Waals surface area (Å²) in [5.74, 6) is 1.96. The Hall–Kier alpha value is -1.94. The molecule has 2 aromatic carbocycles. The molecule has 1 N–H and O–H groups in total. The minimum Gasteiger partial charge on any atom is -0.492 e. The van der Waals surface area contributed by atoms with Crippen molar-refractivity contribution < 1.29 is 9.53 Å². The Kier molecular flexibility index (Phi) is 6.16. The summed E-state index contributed by atoms with van der Waals surface area (Å²) in [5.41, 5.74) is 1.95. The molecule has 0 aliphatic heterocycles. The normalized spacial score (nSPS) is 10.1. The molecule has 0 unspecified atom stereocenters. The number of benzene rings is 2. The van der Waals surface area contributed by atoms with Crippen molar-refractivity contribution in [1.29, 1.82) is 0 Å². The van der Waals surface area contributed by atoms with Crippen molar-refractivity contribution in [2.24, 2.45) is 0 Å². The third kappa shape index (κ3) is 5.16. The van der Waals surface area contributed by atoms with E-state index in [0.29, 0.717) is 18.1 Å². The topological polar surface area (TPSA) is 38.3 Å². The van der Waals surface area contributed by atoms with Gasteiger partial charge in [-0.1, -0.05) is 42.5 Å². The fourth-order valence-electron chi connectivity index (χ4n) is 1.87. The number of nitrogens with one attached hydrogen (secondary N) is 1. The number of anilines is 1. The Morgan fingerprint density at radius 1 is 1.10 bits per heavy atom. The lowest BCUT2D eigenvalue weighted by Crippen LogP contribution is -2.15. The van der Waals surface area contributed by atoms with Gasteiger partial charge in [-0.3, -0.25) is 4.79 Å². The molecule has 1 amide bonds. The van der Waals surface area contributed by atoms with Gasteiger partial charge in [-0.05, 0) is 24.6 Å². The molecule has 110 valence electrons. The van der Waals surface area contributed by atoms with E-state index in [1.165, 1.54) is 5.56 Å². The second kappa shape index (κ2) is 8.37. The second-order valence-electron chi connectivity index (χ2n) is 4.46. The number of hydrogen-bond acceptors (Lipinski definition) is 3. The Balaban J connectivity index is 1.82. The molecule has 2 rings (SSSR count). The molecular formula is C17H19NO2S. The van der Waals surface area contributed by atoms with Crippen molar-refractivity contribution in [2.45, 2.75) is 12.7 Å². The number of thioether (sulfide) groups is 1. The van der Waals surface area contributed by atoms with Crippen LogP contribution in [0.5, 0.6) is 5.75 Å². The number of rotatable bonds is 7. The van der Waals surface area contributed by atoms with E-state index in [-0.39, 0.29) is 5.91 Å². The van der Waals surface area contributed by atoms with E-state index < -0.39 is 0 Å². The molecule has 21 heavy (non-hydrogen) atoms. The van der Waals surface area contributed by atoms with Crippen LogP contribution < -0.4 is 10.1 Å². The molecule has 2 aromatic rings. The Morgan fingerprint density at radius 3 is 2.57 bits per heavy atom. The van der Waals surface area contributed by atoms with Crippen molar-refractivity contribution in [2.75, 3.05) is 17.7 Å². The first-order chi connectivity index (χ1) is 10.3. The van der Waals surface area contributed by atoms with Gasteiger partial charge in [0.2, 0.25) is 5.91 Å². The zero-order chi connectivity index (χ0) is 14.9. The van der Waals surface area contributed by atoms with E-state index in [1.807, 2.05) is 49.4 Å². The first kappa shape index (κ1) is 15.4. The molecule has 0 fully saturated rings. The predicted octanol–water partition coefficient (Wildman–Crippen LogP) is 3.96. The molecule has 3 nitrogen and oxygen atoms in total. The van der Waals surface area contributed by atoms with Crippen LogP contribution >= 0.6 is 11.8 Å². The van der Waals surface area contributed by atoms with Crippen LogP contribution in [0, 0.1) is 0 Å². The number of para-hydroxylation sites is 2. The molecule has 4 heteroatoms. The molecule has 0 aliphatic carbocycles. The number of hydrogen-bond donors (Lipinski definition) is 1. The largest absolute Gasteiger partial charge is 0.492 e. The van der Waals surface area contributed by atoms with Crippen molar-refractivity contribution in [3.05, 3.63) is 60.2 Å². The highest BCUT2D eigenvalue weighted by atomic mass is 32.2. The third-order valence-electron chi connectivity index (χ3n) is 2.81. The summed E-state index contributed by atoms with van der Waals surface area (Å²) >= 11 is 1.60. The minimum atomic E-state index is -0.0110. The van der Waals surface area contributed by atoms with Crippen LogP contribution in [0.2, 0.25) is 0 Å². The highest BCUT2D eigenvalue weighted by molar-refractivity contribution is 7.99. The molecule has 0 saturated carbocycles. The van der Waals surface area contributed by atoms with Crippen LogP contribution in [0.4, 0.5) is 5.69 Å². The second-order valence-corrected chi connectivity index (χ2v) is 5.44. The van der Waals surface area contributed by atoms with E-state index in [1.54, 1.807) is 11.8 Å². The van der Waals surface area contributed by atoms with Crippen molar-refractivity contribution in [3.8, 4) is 5.75 Å². The first-order valence-electron chi connectivity index (χ1n) is 6.93. The molecule has 0 spiro atoms. The van der Waals surface area contributed by atoms with Crippen LogP contribution in [-0.4, -0.2) is 18.3 Å². The summed E-state index contributed by atoms with van der Waals surface area (Å²) in [4.78, 5) is 12.0. The number of carbonyl (C=O) groups excluding carboxylic acids is 1. The van der Waals surface area contributed by atoms with E-state index in [2.05, 4.69) is 17.4 Å². The number of carbonyl (C=O) groups is 1. The lowest BCUT2D eigenvalue weighted by molar-refractivity contribution is -0.113. The monoisotopic (exact) mass is 301 g/mol. The average molecular weight is 301 g/mol. The summed E-state index contributed by atoms with van der Waals surface area (Å²) in [6.07, 6.45) is 0. The smallest absolute Gasteiger partial charge is 0.234 e. The summed E-state index contributed by atoms with van der Waals surface area (Å²) in [6.45, 7) is 2.50. The van der Waals surface area contributed by atoms with E-state index in [9.17, 15) is 4.79 Å². The van der Waals surface area contributed by atoms with Gasteiger partial charge in [0.15, 0.2) is 0 Å². The van der Waals surface area contributed by atoms with Crippen molar-refractivity contribution in [3.63, 3.8) is 0 Å². The van der Waals surface area contributed by atoms with Crippen molar-refractivity contribution >= 4 is 23.4 Å². The molecule has 0 atom stereocenters. The van der Waals surface area contributed by atoms with Crippen LogP contribution in [-0.2, 0) is 10.5 Å². The molecule has 0 heterocycles. The van der Waals surface area contributed by atoms with Gasteiger partial charge in [0, 0.05) is 5.75 Å². The fraction of sp³-hybridized carbons (Fsp3) is 0.235. The van der Waals surface area contributed by atoms with Crippen molar-refractivity contribution in [1.82, 2.24) is 0 Å². The molecule has 0 aromatic heterocycles. The molecular weight excluding hydrogens is 282 g/mol. The van der Waals surface area contributed by atoms with Gasteiger partial charge in [0.1, 0.15) is 5.75 Å².